The molecule has 0 aliphatic carbocycles. The van der Waals surface area contributed by atoms with Crippen LogP contribution in [0.5, 0.6) is 5.75 Å². The van der Waals surface area contributed by atoms with Gasteiger partial charge in [-0.2, -0.15) is 10.5 Å². The number of benzene rings is 1. The normalized spacial score (nSPS) is 16.4. The molecule has 7 nitrogen and oxygen atoms in total. The van der Waals surface area contributed by atoms with Gasteiger partial charge in [0.2, 0.25) is 5.88 Å². The summed E-state index contributed by atoms with van der Waals surface area (Å²) in [7, 11) is 0. The van der Waals surface area contributed by atoms with Crippen LogP contribution >= 0.6 is 11.6 Å². The average molecular weight is 374 g/mol. The number of carbonyl (C=O) groups is 1. The molecular formula is C18H16ClN3O4. The first-order valence-electron chi connectivity index (χ1n) is 7.69. The second kappa shape index (κ2) is 8.28. The first-order chi connectivity index (χ1) is 12.4. The summed E-state index contributed by atoms with van der Waals surface area (Å²) >= 11 is 6.11. The fraction of sp³-hybridized carbons (Fsp3) is 0.278. The third kappa shape index (κ3) is 3.74. The lowest BCUT2D eigenvalue weighted by molar-refractivity contribution is -0.139. The van der Waals surface area contributed by atoms with Crippen LogP contribution in [0.25, 0.3) is 0 Å². The van der Waals surface area contributed by atoms with E-state index in [0.717, 1.165) is 0 Å². The zero-order chi connectivity index (χ0) is 19.3. The summed E-state index contributed by atoms with van der Waals surface area (Å²) in [6.07, 6.45) is 0. The van der Waals surface area contributed by atoms with Crippen LogP contribution in [0.2, 0.25) is 5.02 Å². The predicted octanol–water partition coefficient (Wildman–Crippen LogP) is 2.89. The molecule has 1 heterocycles. The van der Waals surface area contributed by atoms with Crippen LogP contribution in [0.15, 0.2) is 41.0 Å². The SMILES string of the molecule is CCOC(=O)C1=C(C)OC(N)=C(C#N)C1c1cc(Cl)ccc1OCC#N. The van der Waals surface area contributed by atoms with Gasteiger partial charge in [-0.15, -0.1) is 0 Å². The molecule has 0 amide bonds. The highest BCUT2D eigenvalue weighted by Crippen LogP contribution is 2.43. The van der Waals surface area contributed by atoms with E-state index in [-0.39, 0.29) is 36.0 Å². The molecule has 2 N–H and O–H groups in total. The Morgan fingerprint density at radius 1 is 1.42 bits per heavy atom. The Kier molecular flexibility index (Phi) is 6.11. The first kappa shape index (κ1) is 19.2. The number of ether oxygens (including phenoxy) is 3. The van der Waals surface area contributed by atoms with Crippen molar-refractivity contribution in [2.45, 2.75) is 19.8 Å². The van der Waals surface area contributed by atoms with Crippen molar-refractivity contribution in [1.82, 2.24) is 0 Å². The van der Waals surface area contributed by atoms with Crippen molar-refractivity contribution in [2.75, 3.05) is 13.2 Å². The van der Waals surface area contributed by atoms with E-state index >= 15 is 0 Å². The fourth-order valence-electron chi connectivity index (χ4n) is 2.65. The number of halogens is 1. The van der Waals surface area contributed by atoms with Crippen molar-refractivity contribution >= 4 is 17.6 Å². The number of hydrogen-bond acceptors (Lipinski definition) is 7. The van der Waals surface area contributed by atoms with Crippen LogP contribution in [0.1, 0.15) is 25.3 Å². The van der Waals surface area contributed by atoms with E-state index in [9.17, 15) is 10.1 Å². The summed E-state index contributed by atoms with van der Waals surface area (Å²) in [5, 5.41) is 18.7. The molecule has 0 spiro atoms. The molecule has 1 unspecified atom stereocenters. The quantitative estimate of drug-likeness (QED) is 0.788. The largest absolute Gasteiger partial charge is 0.478 e. The summed E-state index contributed by atoms with van der Waals surface area (Å²) in [5.74, 6) is -1.12. The van der Waals surface area contributed by atoms with Gasteiger partial charge >= 0.3 is 5.97 Å². The van der Waals surface area contributed by atoms with Gasteiger partial charge in [0.15, 0.2) is 6.61 Å². The molecule has 1 atom stereocenters. The van der Waals surface area contributed by atoms with Gasteiger partial charge in [0, 0.05) is 10.6 Å². The van der Waals surface area contributed by atoms with Crippen LogP contribution < -0.4 is 10.5 Å². The number of rotatable bonds is 5. The lowest BCUT2D eigenvalue weighted by Crippen LogP contribution is -2.26. The van der Waals surface area contributed by atoms with E-state index in [1.54, 1.807) is 32.0 Å². The second-order valence-electron chi connectivity index (χ2n) is 5.24. The molecule has 0 saturated carbocycles. The summed E-state index contributed by atoms with van der Waals surface area (Å²) in [6, 6.07) is 8.55. The van der Waals surface area contributed by atoms with Gasteiger partial charge in [-0.25, -0.2) is 4.79 Å². The summed E-state index contributed by atoms with van der Waals surface area (Å²) in [6.45, 7) is 3.16. The molecule has 1 aromatic rings. The monoisotopic (exact) mass is 373 g/mol. The number of nitriles is 2. The zero-order valence-electron chi connectivity index (χ0n) is 14.2. The number of hydrogen-bond donors (Lipinski definition) is 1. The predicted molar refractivity (Wildman–Crippen MR) is 92.5 cm³/mol. The standard InChI is InChI=1S/C18H16ClN3O4/c1-3-24-18(23)15-10(2)26-17(22)13(9-21)16(15)12-8-11(19)4-5-14(12)25-7-6-20/h4-5,8,16H,3,7,22H2,1-2H3. The van der Waals surface area contributed by atoms with Gasteiger partial charge in [-0.3, -0.25) is 0 Å². The molecule has 0 bridgehead atoms. The Balaban J connectivity index is 2.70. The number of allylic oxidation sites excluding steroid dienone is 2. The maximum atomic E-state index is 12.5. The minimum Gasteiger partial charge on any atom is -0.478 e. The van der Waals surface area contributed by atoms with Gasteiger partial charge in [0.1, 0.15) is 29.2 Å². The molecular weight excluding hydrogens is 358 g/mol. The highest BCUT2D eigenvalue weighted by Gasteiger charge is 2.38. The minimum absolute atomic E-state index is 0.0303. The van der Waals surface area contributed by atoms with Crippen LogP contribution in [0, 0.1) is 22.7 Å². The smallest absolute Gasteiger partial charge is 0.338 e. The Labute approximate surface area is 155 Å². The van der Waals surface area contributed by atoms with E-state index < -0.39 is 11.9 Å². The minimum atomic E-state index is -0.889. The number of esters is 1. The van der Waals surface area contributed by atoms with E-state index in [1.165, 1.54) is 0 Å². The maximum absolute atomic E-state index is 12.5. The van der Waals surface area contributed by atoms with Crippen molar-refractivity contribution in [3.63, 3.8) is 0 Å². The molecule has 1 aliphatic heterocycles. The van der Waals surface area contributed by atoms with E-state index in [0.29, 0.717) is 16.3 Å². The van der Waals surface area contributed by atoms with Gasteiger partial charge in [-0.1, -0.05) is 11.6 Å². The lowest BCUT2D eigenvalue weighted by atomic mass is 9.82. The fourth-order valence-corrected chi connectivity index (χ4v) is 2.83. The average Bonchev–Trinajstić information content (AvgIpc) is 2.60. The highest BCUT2D eigenvalue weighted by molar-refractivity contribution is 6.30. The van der Waals surface area contributed by atoms with Gasteiger partial charge in [0.05, 0.1) is 18.1 Å². The van der Waals surface area contributed by atoms with Crippen molar-refractivity contribution in [1.29, 1.82) is 10.5 Å². The third-order valence-corrected chi connectivity index (χ3v) is 3.91. The Hall–Kier alpha value is -3.16. The molecule has 1 aromatic carbocycles. The Bertz CT molecular complexity index is 877. The third-order valence-electron chi connectivity index (χ3n) is 3.68. The molecule has 0 saturated heterocycles. The van der Waals surface area contributed by atoms with Crippen molar-refractivity contribution in [3.05, 3.63) is 51.6 Å². The lowest BCUT2D eigenvalue weighted by Gasteiger charge is -2.28. The first-order valence-corrected chi connectivity index (χ1v) is 8.07. The van der Waals surface area contributed by atoms with Crippen molar-refractivity contribution in [2.24, 2.45) is 5.73 Å². The maximum Gasteiger partial charge on any atom is 0.338 e. The van der Waals surface area contributed by atoms with Gasteiger partial charge in [-0.05, 0) is 32.0 Å². The van der Waals surface area contributed by atoms with Crippen molar-refractivity contribution in [3.8, 4) is 17.9 Å². The summed E-state index contributed by atoms with van der Waals surface area (Å²) in [4.78, 5) is 12.5. The summed E-state index contributed by atoms with van der Waals surface area (Å²) < 4.78 is 15.9. The Morgan fingerprint density at radius 2 is 2.15 bits per heavy atom. The Morgan fingerprint density at radius 3 is 2.77 bits per heavy atom. The number of carbonyl (C=O) groups excluding carboxylic acids is 1. The molecule has 134 valence electrons. The molecule has 1 aliphatic rings. The van der Waals surface area contributed by atoms with Crippen molar-refractivity contribution < 1.29 is 19.0 Å². The molecule has 8 heteroatoms. The van der Waals surface area contributed by atoms with E-state index in [1.807, 2.05) is 12.1 Å². The second-order valence-corrected chi connectivity index (χ2v) is 5.68. The molecule has 0 radical (unpaired) electrons. The van der Waals surface area contributed by atoms with Crippen LogP contribution in [0.3, 0.4) is 0 Å². The molecule has 26 heavy (non-hydrogen) atoms. The zero-order valence-corrected chi connectivity index (χ0v) is 15.0. The topological polar surface area (TPSA) is 118 Å². The molecule has 0 fully saturated rings. The highest BCUT2D eigenvalue weighted by atomic mass is 35.5. The summed E-state index contributed by atoms with van der Waals surface area (Å²) in [5.41, 5.74) is 6.43. The number of nitrogens with zero attached hydrogens (tertiary/aromatic N) is 2. The molecule has 0 aromatic heterocycles. The van der Waals surface area contributed by atoms with Crippen LogP contribution in [-0.2, 0) is 14.3 Å². The van der Waals surface area contributed by atoms with E-state index in [2.05, 4.69) is 0 Å². The van der Waals surface area contributed by atoms with E-state index in [4.69, 9.17) is 36.8 Å². The van der Waals surface area contributed by atoms with Crippen LogP contribution in [0.4, 0.5) is 0 Å². The number of nitrogens with two attached hydrogens (primary N) is 1. The van der Waals surface area contributed by atoms with Crippen LogP contribution in [-0.4, -0.2) is 19.2 Å². The van der Waals surface area contributed by atoms with Gasteiger partial charge < -0.3 is 19.9 Å². The molecule has 2 rings (SSSR count). The van der Waals surface area contributed by atoms with Gasteiger partial charge in [0.25, 0.3) is 0 Å².